The molecule has 1 aromatic heterocycles. The fourth-order valence-corrected chi connectivity index (χ4v) is 2.02. The second-order valence-corrected chi connectivity index (χ2v) is 4.02. The van der Waals surface area contributed by atoms with Gasteiger partial charge in [0, 0.05) is 6.54 Å². The Bertz CT molecular complexity index is 539. The van der Waals surface area contributed by atoms with Crippen molar-refractivity contribution in [2.75, 3.05) is 0 Å². The van der Waals surface area contributed by atoms with Crippen molar-refractivity contribution in [1.82, 2.24) is 15.0 Å². The minimum absolute atomic E-state index is 0.558. The number of fused-ring (bicyclic) bond motifs is 1. The average Bonchev–Trinajstić information content (AvgIpc) is 2.96. The molecule has 16 heavy (non-hydrogen) atoms. The zero-order valence-corrected chi connectivity index (χ0v) is 8.95. The van der Waals surface area contributed by atoms with E-state index in [-0.39, 0.29) is 0 Å². The molecule has 2 aromatic rings. The third-order valence-electron chi connectivity index (χ3n) is 2.92. The van der Waals surface area contributed by atoms with Gasteiger partial charge in [0.2, 0.25) is 0 Å². The molecule has 0 aliphatic heterocycles. The van der Waals surface area contributed by atoms with Gasteiger partial charge in [-0.15, -0.1) is 5.10 Å². The number of hydrogen-bond donors (Lipinski definition) is 0. The molecule has 1 aliphatic carbocycles. The van der Waals surface area contributed by atoms with Crippen LogP contribution in [-0.2, 0) is 6.54 Å². The molecule has 0 atom stereocenters. The van der Waals surface area contributed by atoms with Crippen LogP contribution in [0.15, 0.2) is 48.6 Å². The molecule has 0 spiro atoms. The number of para-hydroxylation sites is 1. The zero-order chi connectivity index (χ0) is 10.8. The molecule has 80 valence electrons. The number of allylic oxidation sites excluding steroid dienone is 4. The highest BCUT2D eigenvalue weighted by atomic mass is 15.4. The number of rotatable bonds is 3. The van der Waals surface area contributed by atoms with Crippen LogP contribution in [-0.4, -0.2) is 15.0 Å². The molecule has 0 radical (unpaired) electrons. The SMILES string of the molecule is C1=CC(CCn2nnc3ccccc32)C=C1. The zero-order valence-electron chi connectivity index (χ0n) is 8.95. The number of nitrogens with zero attached hydrogens (tertiary/aromatic N) is 3. The third kappa shape index (κ3) is 1.65. The average molecular weight is 211 g/mol. The first kappa shape index (κ1) is 9.33. The van der Waals surface area contributed by atoms with Crippen LogP contribution in [0.1, 0.15) is 6.42 Å². The van der Waals surface area contributed by atoms with Crippen LogP contribution in [0.2, 0.25) is 0 Å². The predicted octanol–water partition coefficient (Wildman–Crippen LogP) is 2.56. The van der Waals surface area contributed by atoms with E-state index in [1.54, 1.807) is 0 Å². The van der Waals surface area contributed by atoms with Gasteiger partial charge in [0.1, 0.15) is 5.52 Å². The first-order chi connectivity index (χ1) is 7.93. The maximum Gasteiger partial charge on any atom is 0.113 e. The Kier molecular flexibility index (Phi) is 2.29. The minimum atomic E-state index is 0.558. The lowest BCUT2D eigenvalue weighted by molar-refractivity contribution is 0.540. The molecule has 3 nitrogen and oxygen atoms in total. The van der Waals surface area contributed by atoms with Crippen molar-refractivity contribution in [3.05, 3.63) is 48.6 Å². The smallest absolute Gasteiger partial charge is 0.113 e. The monoisotopic (exact) mass is 211 g/mol. The summed E-state index contributed by atoms with van der Waals surface area (Å²) in [7, 11) is 0. The molecule has 0 saturated heterocycles. The standard InChI is InChI=1S/C13H13N3/c1-2-6-11(5-1)9-10-16-13-8-4-3-7-12(13)14-15-16/h1-8,11H,9-10H2. The van der Waals surface area contributed by atoms with Gasteiger partial charge in [-0.05, 0) is 24.5 Å². The lowest BCUT2D eigenvalue weighted by Crippen LogP contribution is -2.03. The van der Waals surface area contributed by atoms with Gasteiger partial charge >= 0.3 is 0 Å². The second-order valence-electron chi connectivity index (χ2n) is 4.02. The normalized spacial score (nSPS) is 15.2. The fraction of sp³-hybridized carbons (Fsp3) is 0.231. The van der Waals surface area contributed by atoms with Crippen molar-refractivity contribution in [2.24, 2.45) is 5.92 Å². The van der Waals surface area contributed by atoms with Crippen LogP contribution in [0.3, 0.4) is 0 Å². The largest absolute Gasteiger partial charge is 0.245 e. The summed E-state index contributed by atoms with van der Waals surface area (Å²) in [6, 6.07) is 8.07. The fourth-order valence-electron chi connectivity index (χ4n) is 2.02. The van der Waals surface area contributed by atoms with Crippen molar-refractivity contribution in [3.63, 3.8) is 0 Å². The molecule has 1 heterocycles. The molecular formula is C13H13N3. The van der Waals surface area contributed by atoms with Crippen LogP contribution in [0, 0.1) is 5.92 Å². The van der Waals surface area contributed by atoms with E-state index >= 15 is 0 Å². The molecule has 0 amide bonds. The number of benzene rings is 1. The molecule has 0 bridgehead atoms. The predicted molar refractivity (Wildman–Crippen MR) is 63.9 cm³/mol. The molecule has 0 fully saturated rings. The first-order valence-corrected chi connectivity index (χ1v) is 5.57. The number of aryl methyl sites for hydroxylation is 1. The van der Waals surface area contributed by atoms with E-state index in [0.717, 1.165) is 24.0 Å². The molecule has 1 aliphatic rings. The van der Waals surface area contributed by atoms with Crippen LogP contribution in [0.4, 0.5) is 0 Å². The van der Waals surface area contributed by atoms with Crippen LogP contribution < -0.4 is 0 Å². The Morgan fingerprint density at radius 3 is 2.81 bits per heavy atom. The third-order valence-corrected chi connectivity index (χ3v) is 2.92. The number of aromatic nitrogens is 3. The van der Waals surface area contributed by atoms with Gasteiger partial charge in [-0.3, -0.25) is 0 Å². The lowest BCUT2D eigenvalue weighted by atomic mass is 10.1. The molecule has 0 unspecified atom stereocenters. The highest BCUT2D eigenvalue weighted by molar-refractivity contribution is 5.73. The Hall–Kier alpha value is -1.90. The summed E-state index contributed by atoms with van der Waals surface area (Å²) in [5.41, 5.74) is 2.09. The molecule has 3 heteroatoms. The van der Waals surface area contributed by atoms with Crippen LogP contribution >= 0.6 is 0 Å². The van der Waals surface area contributed by atoms with E-state index in [1.165, 1.54) is 0 Å². The maximum absolute atomic E-state index is 4.17. The summed E-state index contributed by atoms with van der Waals surface area (Å²) >= 11 is 0. The minimum Gasteiger partial charge on any atom is -0.245 e. The molecule has 3 rings (SSSR count). The highest BCUT2D eigenvalue weighted by Gasteiger charge is 2.07. The van der Waals surface area contributed by atoms with Crippen molar-refractivity contribution >= 4 is 11.0 Å². The van der Waals surface area contributed by atoms with Crippen LogP contribution in [0.5, 0.6) is 0 Å². The lowest BCUT2D eigenvalue weighted by Gasteiger charge is -2.05. The Morgan fingerprint density at radius 1 is 1.12 bits per heavy atom. The van der Waals surface area contributed by atoms with Crippen LogP contribution in [0.25, 0.3) is 11.0 Å². The topological polar surface area (TPSA) is 30.7 Å². The van der Waals surface area contributed by atoms with E-state index in [2.05, 4.69) is 40.7 Å². The maximum atomic E-state index is 4.17. The van der Waals surface area contributed by atoms with Gasteiger partial charge in [-0.25, -0.2) is 4.68 Å². The summed E-state index contributed by atoms with van der Waals surface area (Å²) in [6.07, 6.45) is 9.73. The molecule has 1 aromatic carbocycles. The Balaban J connectivity index is 1.79. The van der Waals surface area contributed by atoms with Gasteiger partial charge in [-0.1, -0.05) is 41.7 Å². The quantitative estimate of drug-likeness (QED) is 0.781. The van der Waals surface area contributed by atoms with Crippen molar-refractivity contribution in [3.8, 4) is 0 Å². The van der Waals surface area contributed by atoms with E-state index in [0.29, 0.717) is 5.92 Å². The molecule has 0 saturated carbocycles. The van der Waals surface area contributed by atoms with E-state index in [9.17, 15) is 0 Å². The van der Waals surface area contributed by atoms with Crippen molar-refractivity contribution in [1.29, 1.82) is 0 Å². The molecule has 0 N–H and O–H groups in total. The Morgan fingerprint density at radius 2 is 1.94 bits per heavy atom. The summed E-state index contributed by atoms with van der Waals surface area (Å²) in [5, 5.41) is 8.32. The highest BCUT2D eigenvalue weighted by Crippen LogP contribution is 2.16. The van der Waals surface area contributed by atoms with E-state index < -0.39 is 0 Å². The van der Waals surface area contributed by atoms with Crippen molar-refractivity contribution in [2.45, 2.75) is 13.0 Å². The van der Waals surface area contributed by atoms with Gasteiger partial charge in [0.25, 0.3) is 0 Å². The molecular weight excluding hydrogens is 198 g/mol. The van der Waals surface area contributed by atoms with Gasteiger partial charge in [-0.2, -0.15) is 0 Å². The van der Waals surface area contributed by atoms with E-state index in [1.807, 2.05) is 22.9 Å². The van der Waals surface area contributed by atoms with E-state index in [4.69, 9.17) is 0 Å². The first-order valence-electron chi connectivity index (χ1n) is 5.57. The summed E-state index contributed by atoms with van der Waals surface area (Å²) < 4.78 is 1.98. The second kappa shape index (κ2) is 3.93. The van der Waals surface area contributed by atoms with Gasteiger partial charge in [0.15, 0.2) is 0 Å². The summed E-state index contributed by atoms with van der Waals surface area (Å²) in [5.74, 6) is 0.558. The van der Waals surface area contributed by atoms with Gasteiger partial charge in [0.05, 0.1) is 5.52 Å². The Labute approximate surface area is 94.1 Å². The van der Waals surface area contributed by atoms with Crippen molar-refractivity contribution < 1.29 is 0 Å². The van der Waals surface area contributed by atoms with Gasteiger partial charge < -0.3 is 0 Å². The summed E-state index contributed by atoms with van der Waals surface area (Å²) in [4.78, 5) is 0. The number of hydrogen-bond acceptors (Lipinski definition) is 2. The summed E-state index contributed by atoms with van der Waals surface area (Å²) in [6.45, 7) is 0.917.